The first kappa shape index (κ1) is 15.1. The topological polar surface area (TPSA) is 18.5 Å². The normalized spacial score (nSPS) is 11.3. The minimum atomic E-state index is -5.04. The summed E-state index contributed by atoms with van der Waals surface area (Å²) in [5.74, 6) is -2.59. The fourth-order valence-corrected chi connectivity index (χ4v) is 1.73. The van der Waals surface area contributed by atoms with Crippen molar-refractivity contribution in [2.45, 2.75) is 6.36 Å². The molecule has 0 spiro atoms. The lowest BCUT2D eigenvalue weighted by atomic mass is 10.0. The van der Waals surface area contributed by atoms with E-state index in [1.165, 1.54) is 19.2 Å². The van der Waals surface area contributed by atoms with Crippen LogP contribution >= 0.6 is 0 Å². The maximum atomic E-state index is 13.7. The summed E-state index contributed by atoms with van der Waals surface area (Å²) < 4.78 is 72.1. The van der Waals surface area contributed by atoms with Crippen molar-refractivity contribution in [1.29, 1.82) is 0 Å². The van der Waals surface area contributed by atoms with Gasteiger partial charge in [0, 0.05) is 5.56 Å². The molecule has 0 unspecified atom stereocenters. The number of hydrogen-bond donors (Lipinski definition) is 0. The van der Waals surface area contributed by atoms with Crippen molar-refractivity contribution in [2.75, 3.05) is 7.11 Å². The largest absolute Gasteiger partial charge is 0.573 e. The molecule has 0 amide bonds. The van der Waals surface area contributed by atoms with Crippen molar-refractivity contribution in [3.63, 3.8) is 0 Å². The zero-order valence-electron chi connectivity index (χ0n) is 10.7. The van der Waals surface area contributed by atoms with Gasteiger partial charge in [-0.15, -0.1) is 13.2 Å². The van der Waals surface area contributed by atoms with Crippen LogP contribution in [0.1, 0.15) is 0 Å². The zero-order valence-corrected chi connectivity index (χ0v) is 10.7. The summed E-state index contributed by atoms with van der Waals surface area (Å²) >= 11 is 0. The van der Waals surface area contributed by atoms with Crippen molar-refractivity contribution in [3.8, 4) is 22.6 Å². The molecule has 2 rings (SSSR count). The molecule has 7 heteroatoms. The van der Waals surface area contributed by atoms with Crippen LogP contribution in [0.3, 0.4) is 0 Å². The Balaban J connectivity index is 2.48. The number of hydrogen-bond acceptors (Lipinski definition) is 2. The first-order valence-corrected chi connectivity index (χ1v) is 5.69. The molecule has 0 bridgehead atoms. The van der Waals surface area contributed by atoms with Gasteiger partial charge in [0.1, 0.15) is 11.6 Å². The van der Waals surface area contributed by atoms with Crippen molar-refractivity contribution >= 4 is 0 Å². The van der Waals surface area contributed by atoms with E-state index < -0.39 is 23.7 Å². The second-order valence-corrected chi connectivity index (χ2v) is 4.04. The van der Waals surface area contributed by atoms with E-state index in [4.69, 9.17) is 4.74 Å². The quantitative estimate of drug-likeness (QED) is 0.775. The van der Waals surface area contributed by atoms with Gasteiger partial charge in [-0.05, 0) is 35.9 Å². The van der Waals surface area contributed by atoms with Crippen molar-refractivity contribution < 1.29 is 31.4 Å². The van der Waals surface area contributed by atoms with Gasteiger partial charge in [0.15, 0.2) is 11.6 Å². The maximum absolute atomic E-state index is 13.7. The molecule has 0 heterocycles. The molecule has 0 aromatic heterocycles. The molecule has 0 saturated carbocycles. The zero-order chi connectivity index (χ0) is 15.6. The summed E-state index contributed by atoms with van der Waals surface area (Å²) in [6, 6.07) is 6.45. The van der Waals surface area contributed by atoms with Crippen LogP contribution in [0, 0.1) is 11.6 Å². The third kappa shape index (κ3) is 3.62. The molecule has 0 aliphatic heterocycles. The van der Waals surface area contributed by atoms with E-state index in [-0.39, 0.29) is 11.1 Å². The lowest BCUT2D eigenvalue weighted by Crippen LogP contribution is -2.18. The van der Waals surface area contributed by atoms with Crippen LogP contribution < -0.4 is 9.47 Å². The highest BCUT2D eigenvalue weighted by molar-refractivity contribution is 5.67. The van der Waals surface area contributed by atoms with Crippen LogP contribution in [0.25, 0.3) is 11.1 Å². The molecule has 0 aliphatic rings. The predicted molar refractivity (Wildman–Crippen MR) is 65.0 cm³/mol. The molecule has 0 radical (unpaired) electrons. The SMILES string of the molecule is COc1ccc(F)c(-c2ccc(F)c(OC(F)(F)F)c2)c1. The Kier molecular flexibility index (Phi) is 4.02. The van der Waals surface area contributed by atoms with Gasteiger partial charge < -0.3 is 9.47 Å². The number of alkyl halides is 3. The fourth-order valence-electron chi connectivity index (χ4n) is 1.73. The Bertz CT molecular complexity index is 652. The molecule has 0 saturated heterocycles. The predicted octanol–water partition coefficient (Wildman–Crippen LogP) is 4.54. The van der Waals surface area contributed by atoms with Crippen LogP contribution in [0.4, 0.5) is 22.0 Å². The summed E-state index contributed by atoms with van der Waals surface area (Å²) in [5, 5.41) is 0. The average molecular weight is 304 g/mol. The van der Waals surface area contributed by atoms with Crippen LogP contribution in [0.5, 0.6) is 11.5 Å². The molecule has 0 atom stereocenters. The van der Waals surface area contributed by atoms with Gasteiger partial charge in [-0.1, -0.05) is 6.07 Å². The molecular weight excluding hydrogens is 295 g/mol. The van der Waals surface area contributed by atoms with Crippen molar-refractivity contribution in [3.05, 3.63) is 48.0 Å². The van der Waals surface area contributed by atoms with Gasteiger partial charge in [0.25, 0.3) is 0 Å². The molecule has 0 fully saturated rings. The fraction of sp³-hybridized carbons (Fsp3) is 0.143. The summed E-state index contributed by atoms with van der Waals surface area (Å²) in [5.41, 5.74) is 0.00780. The van der Waals surface area contributed by atoms with Gasteiger partial charge in [-0.2, -0.15) is 0 Å². The van der Waals surface area contributed by atoms with Gasteiger partial charge in [0.2, 0.25) is 0 Å². The third-order valence-electron chi connectivity index (χ3n) is 2.64. The first-order valence-electron chi connectivity index (χ1n) is 5.69. The molecule has 2 nitrogen and oxygen atoms in total. The molecule has 0 N–H and O–H groups in total. The van der Waals surface area contributed by atoms with E-state index in [2.05, 4.69) is 4.74 Å². The number of ether oxygens (including phenoxy) is 2. The lowest BCUT2D eigenvalue weighted by molar-refractivity contribution is -0.275. The molecule has 112 valence electrons. The van der Waals surface area contributed by atoms with Crippen LogP contribution in [0.2, 0.25) is 0 Å². The summed E-state index contributed by atoms with van der Waals surface area (Å²) in [7, 11) is 1.36. The summed E-state index contributed by atoms with van der Waals surface area (Å²) in [4.78, 5) is 0. The monoisotopic (exact) mass is 304 g/mol. The summed E-state index contributed by atoms with van der Waals surface area (Å²) in [6.07, 6.45) is -5.04. The highest BCUT2D eigenvalue weighted by Crippen LogP contribution is 2.33. The van der Waals surface area contributed by atoms with E-state index in [0.717, 1.165) is 24.3 Å². The van der Waals surface area contributed by atoms with Crippen molar-refractivity contribution in [2.24, 2.45) is 0 Å². The summed E-state index contributed by atoms with van der Waals surface area (Å²) in [6.45, 7) is 0. The highest BCUT2D eigenvalue weighted by atomic mass is 19.4. The molecule has 2 aromatic carbocycles. The first-order chi connectivity index (χ1) is 9.80. The lowest BCUT2D eigenvalue weighted by Gasteiger charge is -2.12. The average Bonchev–Trinajstić information content (AvgIpc) is 2.40. The molecular formula is C14H9F5O2. The number of benzene rings is 2. The van der Waals surface area contributed by atoms with E-state index in [9.17, 15) is 22.0 Å². The Morgan fingerprint density at radius 1 is 0.905 bits per heavy atom. The van der Waals surface area contributed by atoms with Gasteiger partial charge >= 0.3 is 6.36 Å². The van der Waals surface area contributed by atoms with E-state index in [1.807, 2.05) is 0 Å². The van der Waals surface area contributed by atoms with Crippen LogP contribution in [0.15, 0.2) is 36.4 Å². The smallest absolute Gasteiger partial charge is 0.497 e. The van der Waals surface area contributed by atoms with E-state index >= 15 is 0 Å². The Morgan fingerprint density at radius 3 is 2.19 bits per heavy atom. The minimum absolute atomic E-state index is 0.0265. The van der Waals surface area contributed by atoms with Gasteiger partial charge in [-0.3, -0.25) is 0 Å². The van der Waals surface area contributed by atoms with Crippen LogP contribution in [-0.4, -0.2) is 13.5 Å². The van der Waals surface area contributed by atoms with Crippen molar-refractivity contribution in [1.82, 2.24) is 0 Å². The highest BCUT2D eigenvalue weighted by Gasteiger charge is 2.32. The maximum Gasteiger partial charge on any atom is 0.573 e. The van der Waals surface area contributed by atoms with Gasteiger partial charge in [-0.25, -0.2) is 8.78 Å². The Hall–Kier alpha value is -2.31. The third-order valence-corrected chi connectivity index (χ3v) is 2.64. The Morgan fingerprint density at radius 2 is 1.57 bits per heavy atom. The standard InChI is InChI=1S/C14H9F5O2/c1-20-9-3-5-11(15)10(7-9)8-2-4-12(16)13(6-8)21-14(17,18)19/h2-7H,1H3. The molecule has 0 aliphatic carbocycles. The van der Waals surface area contributed by atoms with Crippen LogP contribution in [-0.2, 0) is 0 Å². The van der Waals surface area contributed by atoms with E-state index in [1.54, 1.807) is 0 Å². The Labute approximate surface area is 116 Å². The number of methoxy groups -OCH3 is 1. The number of halogens is 5. The number of rotatable bonds is 3. The molecule has 2 aromatic rings. The van der Waals surface area contributed by atoms with E-state index in [0.29, 0.717) is 5.75 Å². The minimum Gasteiger partial charge on any atom is -0.497 e. The van der Waals surface area contributed by atoms with Gasteiger partial charge in [0.05, 0.1) is 7.11 Å². The second kappa shape index (κ2) is 5.59. The molecule has 21 heavy (non-hydrogen) atoms. The second-order valence-electron chi connectivity index (χ2n) is 4.04.